The number of hydrogen-bond donors (Lipinski definition) is 4. The Balaban J connectivity index is 1.32. The van der Waals surface area contributed by atoms with E-state index in [0.717, 1.165) is 52.3 Å². The molecule has 9 nitrogen and oxygen atoms in total. The van der Waals surface area contributed by atoms with Crippen LogP contribution in [-0.4, -0.2) is 84.9 Å². The number of hydrogen-bond acceptors (Lipinski definition) is 8. The summed E-state index contributed by atoms with van der Waals surface area (Å²) < 4.78 is 17.2. The van der Waals surface area contributed by atoms with E-state index in [1.807, 2.05) is 54.6 Å². The van der Waals surface area contributed by atoms with Crippen molar-refractivity contribution in [2.75, 3.05) is 53.2 Å². The second-order valence-electron chi connectivity index (χ2n) is 10.9. The highest BCUT2D eigenvalue weighted by molar-refractivity contribution is 6.36. The fourth-order valence-electron chi connectivity index (χ4n) is 5.52. The van der Waals surface area contributed by atoms with E-state index in [9.17, 15) is 20.1 Å². The number of aliphatic hydroxyl groups excluding tert-OH is 3. The summed E-state index contributed by atoms with van der Waals surface area (Å²) in [5.74, 6) is 1.55. The Labute approximate surface area is 250 Å². The minimum absolute atomic E-state index is 0.285. The van der Waals surface area contributed by atoms with Gasteiger partial charge in [-0.05, 0) is 48.7 Å². The average Bonchev–Trinajstić information content (AvgIpc) is 3.04. The normalized spacial score (nSPS) is 17.1. The van der Waals surface area contributed by atoms with Crippen LogP contribution < -0.4 is 19.5 Å². The van der Waals surface area contributed by atoms with Gasteiger partial charge in [0.2, 0.25) is 5.91 Å². The Morgan fingerprint density at radius 2 is 1.67 bits per heavy atom. The van der Waals surface area contributed by atoms with E-state index in [-0.39, 0.29) is 11.8 Å². The number of piperidine rings is 1. The van der Waals surface area contributed by atoms with Crippen LogP contribution in [0.15, 0.2) is 54.6 Å². The number of nitrogens with one attached hydrogen (secondary N) is 1. The number of carbonyl (C=O) groups excluding carboxylic acids is 1. The molecule has 0 spiro atoms. The average molecular weight is 597 g/mol. The summed E-state index contributed by atoms with van der Waals surface area (Å²) in [5, 5.41) is 32.0. The number of amides is 1. The molecule has 0 radical (unpaired) electrons. The Bertz CT molecular complexity index is 1400. The van der Waals surface area contributed by atoms with Gasteiger partial charge in [0.15, 0.2) is 11.5 Å². The molecule has 1 saturated heterocycles. The van der Waals surface area contributed by atoms with Gasteiger partial charge in [-0.15, -0.1) is 0 Å². The zero-order chi connectivity index (χ0) is 29.7. The molecular weight excluding hydrogens is 560 g/mol. The van der Waals surface area contributed by atoms with Crippen LogP contribution in [0.3, 0.4) is 0 Å². The highest BCUT2D eigenvalue weighted by Gasteiger charge is 2.34. The maximum atomic E-state index is 12.9. The number of carbonyl (C=O) groups is 1. The minimum Gasteiger partial charge on any atom is -0.496 e. The summed E-state index contributed by atoms with van der Waals surface area (Å²) >= 11 is 6.97. The van der Waals surface area contributed by atoms with Gasteiger partial charge in [-0.1, -0.05) is 48.0 Å². The van der Waals surface area contributed by atoms with Gasteiger partial charge in [-0.3, -0.25) is 9.69 Å². The van der Waals surface area contributed by atoms with Crippen molar-refractivity contribution in [3.05, 3.63) is 65.2 Å². The SMILES string of the molecule is COc1cc(-c2cccc(-c3ccc4c(c3)OCCO4)c2Cl)ccc1CN1CCCC(C(=O)NC(CO)(CO)CO)C1. The van der Waals surface area contributed by atoms with Crippen molar-refractivity contribution < 1.29 is 34.3 Å². The van der Waals surface area contributed by atoms with Crippen LogP contribution in [0, 0.1) is 5.92 Å². The highest BCUT2D eigenvalue weighted by atomic mass is 35.5. The number of nitrogens with zero attached hydrogens (tertiary/aromatic N) is 1. The van der Waals surface area contributed by atoms with Gasteiger partial charge in [0.1, 0.15) is 24.5 Å². The van der Waals surface area contributed by atoms with Gasteiger partial charge in [0, 0.05) is 29.8 Å². The zero-order valence-electron chi connectivity index (χ0n) is 23.6. The van der Waals surface area contributed by atoms with E-state index in [4.69, 9.17) is 25.8 Å². The molecule has 0 aliphatic carbocycles. The third-order valence-corrected chi connectivity index (χ3v) is 8.42. The Morgan fingerprint density at radius 1 is 1.00 bits per heavy atom. The molecule has 1 unspecified atom stereocenters. The molecule has 4 N–H and O–H groups in total. The largest absolute Gasteiger partial charge is 0.496 e. The number of methoxy groups -OCH3 is 1. The van der Waals surface area contributed by atoms with Crippen LogP contribution in [0.4, 0.5) is 0 Å². The van der Waals surface area contributed by atoms with Crippen LogP contribution in [0.2, 0.25) is 5.02 Å². The molecule has 2 heterocycles. The third kappa shape index (κ3) is 6.35. The molecular formula is C32H37ClN2O7. The Hall–Kier alpha value is -3.34. The first-order valence-electron chi connectivity index (χ1n) is 14.1. The van der Waals surface area contributed by atoms with Crippen LogP contribution in [0.5, 0.6) is 17.2 Å². The number of likely N-dealkylation sites (tertiary alicyclic amines) is 1. The predicted molar refractivity (Wildman–Crippen MR) is 160 cm³/mol. The molecule has 1 amide bonds. The van der Waals surface area contributed by atoms with Crippen molar-refractivity contribution in [3.8, 4) is 39.5 Å². The number of rotatable bonds is 10. The lowest BCUT2D eigenvalue weighted by molar-refractivity contribution is -0.131. The molecule has 0 bridgehead atoms. The topological polar surface area (TPSA) is 121 Å². The van der Waals surface area contributed by atoms with Crippen molar-refractivity contribution in [3.63, 3.8) is 0 Å². The maximum absolute atomic E-state index is 12.9. The van der Waals surface area contributed by atoms with Crippen molar-refractivity contribution in [1.82, 2.24) is 10.2 Å². The first-order chi connectivity index (χ1) is 20.4. The van der Waals surface area contributed by atoms with Crippen LogP contribution in [0.25, 0.3) is 22.3 Å². The van der Waals surface area contributed by atoms with Crippen LogP contribution in [-0.2, 0) is 11.3 Å². The standard InChI is InChI=1S/C32H37ClN2O7/c1-40-28-14-21(25-5-2-6-26(30(25)33)22-9-10-27-29(15-22)42-13-12-41-27)7-8-23(28)16-35-11-3-4-24(17-35)31(39)34-32(18-36,19-37)20-38/h2,5-10,14-15,24,36-38H,3-4,11-13,16-20H2,1H3,(H,34,39). The van der Waals surface area contributed by atoms with Crippen molar-refractivity contribution in [2.24, 2.45) is 5.92 Å². The summed E-state index contributed by atoms with van der Waals surface area (Å²) in [7, 11) is 1.64. The number of aliphatic hydroxyl groups is 3. The number of benzene rings is 3. The van der Waals surface area contributed by atoms with E-state index in [1.54, 1.807) is 7.11 Å². The van der Waals surface area contributed by atoms with E-state index in [1.165, 1.54) is 0 Å². The van der Waals surface area contributed by atoms with E-state index in [0.29, 0.717) is 43.5 Å². The molecule has 5 rings (SSSR count). The molecule has 2 aliphatic rings. The van der Waals surface area contributed by atoms with Crippen LogP contribution >= 0.6 is 11.6 Å². The molecule has 10 heteroatoms. The number of halogens is 1. The molecule has 3 aromatic rings. The molecule has 2 aliphatic heterocycles. The smallest absolute Gasteiger partial charge is 0.225 e. The lowest BCUT2D eigenvalue weighted by atomic mass is 9.94. The van der Waals surface area contributed by atoms with E-state index >= 15 is 0 Å². The van der Waals surface area contributed by atoms with Gasteiger partial charge >= 0.3 is 0 Å². The summed E-state index contributed by atoms with van der Waals surface area (Å²) in [5.41, 5.74) is 3.18. The van der Waals surface area contributed by atoms with Gasteiger partial charge in [-0.25, -0.2) is 0 Å². The maximum Gasteiger partial charge on any atom is 0.225 e. The van der Waals surface area contributed by atoms with Crippen molar-refractivity contribution in [2.45, 2.75) is 24.9 Å². The molecule has 3 aromatic carbocycles. The molecule has 42 heavy (non-hydrogen) atoms. The number of ether oxygens (including phenoxy) is 3. The fourth-order valence-corrected chi connectivity index (χ4v) is 5.86. The predicted octanol–water partition coefficient (Wildman–Crippen LogP) is 3.50. The first kappa shape index (κ1) is 30.1. The lowest BCUT2D eigenvalue weighted by Gasteiger charge is -2.35. The lowest BCUT2D eigenvalue weighted by Crippen LogP contribution is -2.59. The Morgan fingerprint density at radius 3 is 2.36 bits per heavy atom. The summed E-state index contributed by atoms with van der Waals surface area (Å²) in [4.78, 5) is 15.1. The summed E-state index contributed by atoms with van der Waals surface area (Å²) in [6, 6.07) is 17.8. The number of fused-ring (bicyclic) bond motifs is 1. The van der Waals surface area contributed by atoms with Crippen molar-refractivity contribution >= 4 is 17.5 Å². The first-order valence-corrected chi connectivity index (χ1v) is 14.5. The van der Waals surface area contributed by atoms with Gasteiger partial charge < -0.3 is 34.8 Å². The quantitative estimate of drug-likeness (QED) is 0.281. The molecule has 1 atom stereocenters. The van der Waals surface area contributed by atoms with E-state index < -0.39 is 25.4 Å². The minimum atomic E-state index is -1.43. The van der Waals surface area contributed by atoms with Gasteiger partial charge in [-0.2, -0.15) is 0 Å². The monoisotopic (exact) mass is 596 g/mol. The van der Waals surface area contributed by atoms with Gasteiger partial charge in [0.05, 0.1) is 37.9 Å². The highest BCUT2D eigenvalue weighted by Crippen LogP contribution is 2.41. The van der Waals surface area contributed by atoms with E-state index in [2.05, 4.69) is 10.2 Å². The molecule has 1 fully saturated rings. The Kier molecular flexibility index (Phi) is 9.55. The fraction of sp³-hybridized carbons (Fsp3) is 0.406. The summed E-state index contributed by atoms with van der Waals surface area (Å²) in [6.45, 7) is 1.33. The second-order valence-corrected chi connectivity index (χ2v) is 11.2. The molecule has 224 valence electrons. The third-order valence-electron chi connectivity index (χ3n) is 8.02. The van der Waals surface area contributed by atoms with Crippen molar-refractivity contribution in [1.29, 1.82) is 0 Å². The van der Waals surface area contributed by atoms with Crippen LogP contribution in [0.1, 0.15) is 18.4 Å². The molecule has 0 saturated carbocycles. The summed E-state index contributed by atoms with van der Waals surface area (Å²) in [6.07, 6.45) is 1.51. The molecule has 0 aromatic heterocycles. The zero-order valence-corrected chi connectivity index (χ0v) is 24.4. The van der Waals surface area contributed by atoms with Gasteiger partial charge in [0.25, 0.3) is 0 Å². The second kappa shape index (κ2) is 13.3.